The standard InChI is InChI=1S/C13H19FN2OS/c1-3-16(12-7-5-11(14)6-8-12)13(18)15-9-4-10-17-2/h5-8H,3-4,9-10H2,1-2H3,(H,15,18). The molecule has 5 heteroatoms. The van der Waals surface area contributed by atoms with Crippen molar-refractivity contribution >= 4 is 23.0 Å². The van der Waals surface area contributed by atoms with Crippen molar-refractivity contribution in [2.75, 3.05) is 31.7 Å². The fraction of sp³-hybridized carbons (Fsp3) is 0.462. The lowest BCUT2D eigenvalue weighted by Gasteiger charge is -2.24. The first-order valence-electron chi connectivity index (χ1n) is 5.99. The quantitative estimate of drug-likeness (QED) is 0.634. The highest BCUT2D eigenvalue weighted by Crippen LogP contribution is 2.14. The van der Waals surface area contributed by atoms with Crippen molar-refractivity contribution in [3.63, 3.8) is 0 Å². The fourth-order valence-electron chi connectivity index (χ4n) is 1.57. The molecule has 0 atom stereocenters. The molecule has 0 unspecified atom stereocenters. The number of hydrogen-bond acceptors (Lipinski definition) is 2. The van der Waals surface area contributed by atoms with Gasteiger partial charge in [0.2, 0.25) is 0 Å². The van der Waals surface area contributed by atoms with Crippen LogP contribution in [0.2, 0.25) is 0 Å². The number of methoxy groups -OCH3 is 1. The van der Waals surface area contributed by atoms with Gasteiger partial charge in [-0.1, -0.05) is 0 Å². The van der Waals surface area contributed by atoms with Gasteiger partial charge in [0.1, 0.15) is 5.82 Å². The van der Waals surface area contributed by atoms with E-state index in [9.17, 15) is 4.39 Å². The summed E-state index contributed by atoms with van der Waals surface area (Å²) in [6.45, 7) is 4.22. The molecule has 0 spiro atoms. The van der Waals surface area contributed by atoms with Crippen molar-refractivity contribution in [2.24, 2.45) is 0 Å². The summed E-state index contributed by atoms with van der Waals surface area (Å²) >= 11 is 5.32. The smallest absolute Gasteiger partial charge is 0.173 e. The van der Waals surface area contributed by atoms with Gasteiger partial charge in [0.15, 0.2) is 5.11 Å². The van der Waals surface area contributed by atoms with Gasteiger partial charge in [0.05, 0.1) is 0 Å². The molecular weight excluding hydrogens is 251 g/mol. The average Bonchev–Trinajstić information content (AvgIpc) is 2.38. The summed E-state index contributed by atoms with van der Waals surface area (Å²) in [7, 11) is 1.68. The van der Waals surface area contributed by atoms with Crippen LogP contribution < -0.4 is 10.2 Å². The zero-order valence-corrected chi connectivity index (χ0v) is 11.6. The van der Waals surface area contributed by atoms with Crippen LogP contribution in [0.4, 0.5) is 10.1 Å². The predicted molar refractivity (Wildman–Crippen MR) is 76.5 cm³/mol. The third-order valence-electron chi connectivity index (χ3n) is 2.50. The SMILES string of the molecule is CCN(C(=S)NCCCOC)c1ccc(F)cc1. The Morgan fingerprint density at radius 2 is 2.06 bits per heavy atom. The van der Waals surface area contributed by atoms with Crippen LogP contribution in [0.5, 0.6) is 0 Å². The Bertz CT molecular complexity index is 370. The molecule has 0 saturated carbocycles. The van der Waals surface area contributed by atoms with Gasteiger partial charge < -0.3 is 15.0 Å². The van der Waals surface area contributed by atoms with Crippen LogP contribution in [0.25, 0.3) is 0 Å². The molecule has 0 fully saturated rings. The van der Waals surface area contributed by atoms with Gasteiger partial charge in [-0.15, -0.1) is 0 Å². The van der Waals surface area contributed by atoms with Gasteiger partial charge in [0, 0.05) is 32.5 Å². The van der Waals surface area contributed by atoms with E-state index >= 15 is 0 Å². The predicted octanol–water partition coefficient (Wildman–Crippen LogP) is 2.56. The average molecular weight is 270 g/mol. The molecule has 0 aliphatic heterocycles. The van der Waals surface area contributed by atoms with E-state index < -0.39 is 0 Å². The molecule has 0 aliphatic carbocycles. The van der Waals surface area contributed by atoms with Crippen LogP contribution in [-0.4, -0.2) is 31.9 Å². The van der Waals surface area contributed by atoms with E-state index in [4.69, 9.17) is 17.0 Å². The maximum absolute atomic E-state index is 12.9. The number of ether oxygens (including phenoxy) is 1. The highest BCUT2D eigenvalue weighted by atomic mass is 32.1. The van der Waals surface area contributed by atoms with Crippen LogP contribution in [0.1, 0.15) is 13.3 Å². The van der Waals surface area contributed by atoms with Crippen molar-refractivity contribution in [2.45, 2.75) is 13.3 Å². The molecule has 1 N–H and O–H groups in total. The third kappa shape index (κ3) is 4.58. The monoisotopic (exact) mass is 270 g/mol. The Balaban J connectivity index is 2.54. The van der Waals surface area contributed by atoms with Crippen LogP contribution in [-0.2, 0) is 4.74 Å². The normalized spacial score (nSPS) is 10.2. The lowest BCUT2D eigenvalue weighted by atomic mass is 10.3. The van der Waals surface area contributed by atoms with E-state index in [0.717, 1.165) is 25.2 Å². The molecule has 0 heterocycles. The number of anilines is 1. The molecule has 0 saturated heterocycles. The molecule has 1 aromatic carbocycles. The van der Waals surface area contributed by atoms with Gasteiger partial charge in [-0.2, -0.15) is 0 Å². The second-order valence-corrected chi connectivity index (χ2v) is 4.19. The Kier molecular flexibility index (Phi) is 6.60. The second kappa shape index (κ2) is 8.00. The second-order valence-electron chi connectivity index (χ2n) is 3.80. The summed E-state index contributed by atoms with van der Waals surface area (Å²) in [5.74, 6) is -0.242. The van der Waals surface area contributed by atoms with Crippen LogP contribution in [0.3, 0.4) is 0 Å². The summed E-state index contributed by atoms with van der Waals surface area (Å²) in [5, 5.41) is 3.82. The van der Waals surface area contributed by atoms with Gasteiger partial charge >= 0.3 is 0 Å². The minimum Gasteiger partial charge on any atom is -0.385 e. The number of thiocarbonyl (C=S) groups is 1. The third-order valence-corrected chi connectivity index (χ3v) is 2.87. The summed E-state index contributed by atoms with van der Waals surface area (Å²) < 4.78 is 17.8. The number of rotatable bonds is 6. The number of benzene rings is 1. The first kappa shape index (κ1) is 14.9. The first-order chi connectivity index (χ1) is 8.69. The van der Waals surface area contributed by atoms with E-state index in [1.165, 1.54) is 12.1 Å². The molecule has 3 nitrogen and oxygen atoms in total. The lowest BCUT2D eigenvalue weighted by molar-refractivity contribution is 0.195. The lowest BCUT2D eigenvalue weighted by Crippen LogP contribution is -2.40. The molecule has 100 valence electrons. The zero-order chi connectivity index (χ0) is 13.4. The Morgan fingerprint density at radius 1 is 1.39 bits per heavy atom. The van der Waals surface area contributed by atoms with Crippen molar-refractivity contribution in [1.29, 1.82) is 0 Å². The molecule has 1 rings (SSSR count). The molecule has 0 radical (unpaired) electrons. The Labute approximate surface area is 113 Å². The topological polar surface area (TPSA) is 24.5 Å². The van der Waals surface area contributed by atoms with Crippen LogP contribution >= 0.6 is 12.2 Å². The molecule has 0 aliphatic rings. The molecule has 0 bridgehead atoms. The Hall–Kier alpha value is -1.20. The number of hydrogen-bond donors (Lipinski definition) is 1. The van der Waals surface area contributed by atoms with Crippen LogP contribution in [0.15, 0.2) is 24.3 Å². The number of nitrogens with zero attached hydrogens (tertiary/aromatic N) is 1. The molecular formula is C13H19FN2OS. The maximum Gasteiger partial charge on any atom is 0.173 e. The largest absolute Gasteiger partial charge is 0.385 e. The molecule has 18 heavy (non-hydrogen) atoms. The fourth-order valence-corrected chi connectivity index (χ4v) is 1.91. The van der Waals surface area contributed by atoms with Gasteiger partial charge in [-0.05, 0) is 49.8 Å². The van der Waals surface area contributed by atoms with Gasteiger partial charge in [-0.3, -0.25) is 0 Å². The van der Waals surface area contributed by atoms with Gasteiger partial charge in [0.25, 0.3) is 0 Å². The summed E-state index contributed by atoms with van der Waals surface area (Å²) in [6.07, 6.45) is 0.900. The summed E-state index contributed by atoms with van der Waals surface area (Å²) in [5.41, 5.74) is 0.892. The number of nitrogens with one attached hydrogen (secondary N) is 1. The molecule has 0 amide bonds. The molecule has 1 aromatic rings. The van der Waals surface area contributed by atoms with Crippen molar-refractivity contribution < 1.29 is 9.13 Å². The number of halogens is 1. The zero-order valence-electron chi connectivity index (χ0n) is 10.8. The Morgan fingerprint density at radius 3 is 2.61 bits per heavy atom. The van der Waals surface area contributed by atoms with E-state index in [1.807, 2.05) is 11.8 Å². The van der Waals surface area contributed by atoms with E-state index in [0.29, 0.717) is 11.7 Å². The van der Waals surface area contributed by atoms with E-state index in [1.54, 1.807) is 19.2 Å². The maximum atomic E-state index is 12.9. The van der Waals surface area contributed by atoms with Crippen molar-refractivity contribution in [3.8, 4) is 0 Å². The minimum atomic E-state index is -0.242. The van der Waals surface area contributed by atoms with Gasteiger partial charge in [-0.25, -0.2) is 4.39 Å². The van der Waals surface area contributed by atoms with Crippen molar-refractivity contribution in [1.82, 2.24) is 5.32 Å². The summed E-state index contributed by atoms with van der Waals surface area (Å²) in [6, 6.07) is 6.32. The van der Waals surface area contributed by atoms with Crippen LogP contribution in [0, 0.1) is 5.82 Å². The van der Waals surface area contributed by atoms with E-state index in [-0.39, 0.29) is 5.82 Å². The highest BCUT2D eigenvalue weighted by molar-refractivity contribution is 7.80. The van der Waals surface area contributed by atoms with Crippen molar-refractivity contribution in [3.05, 3.63) is 30.1 Å². The minimum absolute atomic E-state index is 0.242. The molecule has 0 aromatic heterocycles. The highest BCUT2D eigenvalue weighted by Gasteiger charge is 2.09. The van der Waals surface area contributed by atoms with E-state index in [2.05, 4.69) is 5.32 Å². The first-order valence-corrected chi connectivity index (χ1v) is 6.39. The summed E-state index contributed by atoms with van der Waals surface area (Å²) in [4.78, 5) is 1.93.